The number of aromatic nitrogens is 1. The van der Waals surface area contributed by atoms with Crippen LogP contribution in [0.1, 0.15) is 42.0 Å². The third-order valence-corrected chi connectivity index (χ3v) is 6.24. The zero-order chi connectivity index (χ0) is 17.1. The molecule has 1 aromatic carbocycles. The minimum Gasteiger partial charge on any atom is -0.361 e. The largest absolute Gasteiger partial charge is 0.361 e. The fourth-order valence-corrected chi connectivity index (χ4v) is 4.65. The number of hydrogen-bond donors (Lipinski definition) is 1. The lowest BCUT2D eigenvalue weighted by Crippen LogP contribution is -2.37. The van der Waals surface area contributed by atoms with Crippen LogP contribution in [0.3, 0.4) is 0 Å². The summed E-state index contributed by atoms with van der Waals surface area (Å²) in [6, 6.07) is 12.7. The predicted molar refractivity (Wildman–Crippen MR) is 104 cm³/mol. The van der Waals surface area contributed by atoms with Crippen LogP contribution in [0.2, 0.25) is 0 Å². The van der Waals surface area contributed by atoms with Gasteiger partial charge < -0.3 is 9.88 Å². The van der Waals surface area contributed by atoms with E-state index in [4.69, 9.17) is 0 Å². The van der Waals surface area contributed by atoms with Gasteiger partial charge in [-0.2, -0.15) is 0 Å². The van der Waals surface area contributed by atoms with Crippen molar-refractivity contribution in [1.29, 1.82) is 0 Å². The number of nitrogens with one attached hydrogen (secondary N) is 1. The molecular formula is C21H24N2OS. The molecular weight excluding hydrogens is 328 g/mol. The van der Waals surface area contributed by atoms with Crippen molar-refractivity contribution in [3.8, 4) is 0 Å². The number of aryl methyl sites for hydroxylation is 1. The van der Waals surface area contributed by atoms with Gasteiger partial charge in [-0.1, -0.05) is 24.3 Å². The molecule has 1 aliphatic rings. The smallest absolute Gasteiger partial charge is 0.222 e. The monoisotopic (exact) mass is 352 g/mol. The van der Waals surface area contributed by atoms with Gasteiger partial charge in [-0.15, -0.1) is 11.3 Å². The number of fused-ring (bicyclic) bond motifs is 1. The van der Waals surface area contributed by atoms with Crippen molar-refractivity contribution >= 4 is 28.1 Å². The van der Waals surface area contributed by atoms with Crippen molar-refractivity contribution in [2.24, 2.45) is 0 Å². The quantitative estimate of drug-likeness (QED) is 0.692. The summed E-state index contributed by atoms with van der Waals surface area (Å²) in [6.45, 7) is 1.78. The number of para-hydroxylation sites is 1. The van der Waals surface area contributed by atoms with E-state index in [9.17, 15) is 4.79 Å². The van der Waals surface area contributed by atoms with Crippen molar-refractivity contribution in [3.63, 3.8) is 0 Å². The van der Waals surface area contributed by atoms with Gasteiger partial charge in [0.15, 0.2) is 0 Å². The molecule has 4 rings (SSSR count). The summed E-state index contributed by atoms with van der Waals surface area (Å²) in [5, 5.41) is 3.44. The second kappa shape index (κ2) is 7.44. The van der Waals surface area contributed by atoms with Gasteiger partial charge in [-0.3, -0.25) is 4.79 Å². The number of nitrogens with zero attached hydrogens (tertiary/aromatic N) is 1. The van der Waals surface area contributed by atoms with Gasteiger partial charge in [-0.25, -0.2) is 0 Å². The van der Waals surface area contributed by atoms with Crippen LogP contribution in [0.25, 0.3) is 10.9 Å². The second-order valence-electron chi connectivity index (χ2n) is 6.88. The first kappa shape index (κ1) is 16.4. The highest BCUT2D eigenvalue weighted by Crippen LogP contribution is 2.33. The molecule has 0 aliphatic carbocycles. The molecule has 3 aromatic rings. The van der Waals surface area contributed by atoms with E-state index in [0.29, 0.717) is 18.2 Å². The zero-order valence-corrected chi connectivity index (χ0v) is 15.2. The third-order valence-electron chi connectivity index (χ3n) is 5.30. The summed E-state index contributed by atoms with van der Waals surface area (Å²) in [5.41, 5.74) is 2.63. The van der Waals surface area contributed by atoms with Crippen molar-refractivity contribution in [3.05, 3.63) is 58.4 Å². The van der Waals surface area contributed by atoms with E-state index in [0.717, 1.165) is 38.8 Å². The Labute approximate surface area is 152 Å². The van der Waals surface area contributed by atoms with Crippen LogP contribution in [0, 0.1) is 0 Å². The van der Waals surface area contributed by atoms with Gasteiger partial charge in [-0.05, 0) is 54.7 Å². The molecule has 1 aliphatic heterocycles. The first-order valence-corrected chi connectivity index (χ1v) is 10.1. The molecule has 1 N–H and O–H groups in total. The molecule has 3 heterocycles. The van der Waals surface area contributed by atoms with Crippen LogP contribution in [0.5, 0.6) is 0 Å². The number of carbonyl (C=O) groups is 1. The van der Waals surface area contributed by atoms with E-state index in [1.165, 1.54) is 21.3 Å². The number of piperidine rings is 1. The average molecular weight is 353 g/mol. The van der Waals surface area contributed by atoms with Gasteiger partial charge >= 0.3 is 0 Å². The Morgan fingerprint density at radius 1 is 1.16 bits per heavy atom. The lowest BCUT2D eigenvalue weighted by Gasteiger charge is -2.32. The molecule has 0 unspecified atom stereocenters. The molecule has 1 saturated heterocycles. The predicted octanol–water partition coefficient (Wildman–Crippen LogP) is 4.96. The van der Waals surface area contributed by atoms with E-state index in [2.05, 4.69) is 57.9 Å². The molecule has 0 spiro atoms. The molecule has 130 valence electrons. The SMILES string of the molecule is O=C(CCCc1cccs1)N1CCC(c2c[nH]c3ccccc23)CC1. The maximum atomic E-state index is 12.5. The van der Waals surface area contributed by atoms with Crippen LogP contribution >= 0.6 is 11.3 Å². The number of thiophene rings is 1. The fourth-order valence-electron chi connectivity index (χ4n) is 3.90. The summed E-state index contributed by atoms with van der Waals surface area (Å²) >= 11 is 1.78. The van der Waals surface area contributed by atoms with Crippen molar-refractivity contribution in [1.82, 2.24) is 9.88 Å². The van der Waals surface area contributed by atoms with Crippen LogP contribution < -0.4 is 0 Å². The lowest BCUT2D eigenvalue weighted by molar-refractivity contribution is -0.132. The highest BCUT2D eigenvalue weighted by molar-refractivity contribution is 7.09. The number of hydrogen-bond acceptors (Lipinski definition) is 2. The van der Waals surface area contributed by atoms with Crippen LogP contribution in [-0.4, -0.2) is 28.9 Å². The summed E-state index contributed by atoms with van der Waals surface area (Å²) in [5.74, 6) is 0.889. The molecule has 0 bridgehead atoms. The standard InChI is InChI=1S/C21H24N2OS/c24-21(9-3-5-17-6-4-14-25-17)23-12-10-16(11-13-23)19-15-22-20-8-2-1-7-18(19)20/h1-2,4,6-8,14-16,22H,3,5,9-13H2. The number of carbonyl (C=O) groups excluding carboxylic acids is 1. The molecule has 3 nitrogen and oxygen atoms in total. The Morgan fingerprint density at radius 3 is 2.80 bits per heavy atom. The Kier molecular flexibility index (Phi) is 4.88. The zero-order valence-electron chi connectivity index (χ0n) is 14.4. The summed E-state index contributed by atoms with van der Waals surface area (Å²) < 4.78 is 0. The number of benzene rings is 1. The van der Waals surface area contributed by atoms with E-state index < -0.39 is 0 Å². The van der Waals surface area contributed by atoms with Gasteiger partial charge in [0.25, 0.3) is 0 Å². The molecule has 25 heavy (non-hydrogen) atoms. The minimum absolute atomic E-state index is 0.328. The first-order chi connectivity index (χ1) is 12.3. The summed E-state index contributed by atoms with van der Waals surface area (Å²) in [7, 11) is 0. The number of amides is 1. The Morgan fingerprint density at radius 2 is 2.00 bits per heavy atom. The van der Waals surface area contributed by atoms with Gasteiger partial charge in [0, 0.05) is 41.5 Å². The van der Waals surface area contributed by atoms with Crippen molar-refractivity contribution in [2.75, 3.05) is 13.1 Å². The normalized spacial score (nSPS) is 15.8. The highest BCUT2D eigenvalue weighted by Gasteiger charge is 2.25. The Bertz CT molecular complexity index is 829. The van der Waals surface area contributed by atoms with Crippen molar-refractivity contribution < 1.29 is 4.79 Å². The molecule has 0 atom stereocenters. The fraction of sp³-hybridized carbons (Fsp3) is 0.381. The maximum absolute atomic E-state index is 12.5. The minimum atomic E-state index is 0.328. The van der Waals surface area contributed by atoms with E-state index in [-0.39, 0.29) is 0 Å². The molecule has 2 aromatic heterocycles. The summed E-state index contributed by atoms with van der Waals surface area (Å²) in [6.07, 6.45) is 6.96. The van der Waals surface area contributed by atoms with Crippen LogP contribution in [0.15, 0.2) is 48.0 Å². The van der Waals surface area contributed by atoms with Crippen LogP contribution in [0.4, 0.5) is 0 Å². The van der Waals surface area contributed by atoms with E-state index >= 15 is 0 Å². The lowest BCUT2D eigenvalue weighted by atomic mass is 9.89. The van der Waals surface area contributed by atoms with E-state index in [1.54, 1.807) is 11.3 Å². The number of rotatable bonds is 5. The van der Waals surface area contributed by atoms with Gasteiger partial charge in [0.2, 0.25) is 5.91 Å². The van der Waals surface area contributed by atoms with Crippen LogP contribution in [-0.2, 0) is 11.2 Å². The maximum Gasteiger partial charge on any atom is 0.222 e. The molecule has 0 saturated carbocycles. The van der Waals surface area contributed by atoms with Crippen molar-refractivity contribution in [2.45, 2.75) is 38.0 Å². The summed E-state index contributed by atoms with van der Waals surface area (Å²) in [4.78, 5) is 19.3. The highest BCUT2D eigenvalue weighted by atomic mass is 32.1. The molecule has 1 fully saturated rings. The Hall–Kier alpha value is -2.07. The number of likely N-dealkylation sites (tertiary alicyclic amines) is 1. The molecule has 1 amide bonds. The van der Waals surface area contributed by atoms with E-state index in [1.807, 2.05) is 0 Å². The number of H-pyrrole nitrogens is 1. The molecule has 4 heteroatoms. The third kappa shape index (κ3) is 3.64. The topological polar surface area (TPSA) is 36.1 Å². The number of aromatic amines is 1. The molecule has 0 radical (unpaired) electrons. The Balaban J connectivity index is 1.29. The first-order valence-electron chi connectivity index (χ1n) is 9.17. The average Bonchev–Trinajstić information content (AvgIpc) is 3.31. The second-order valence-corrected chi connectivity index (χ2v) is 7.91. The van der Waals surface area contributed by atoms with Gasteiger partial charge in [0.05, 0.1) is 0 Å². The van der Waals surface area contributed by atoms with Gasteiger partial charge in [0.1, 0.15) is 0 Å².